The number of amides is 1. The average molecular weight is 442 g/mol. The molecule has 2 rings (SSSR count). The number of ether oxygens (including phenoxy) is 1. The third-order valence-electron chi connectivity index (χ3n) is 2.54. The number of nitrogens with one attached hydrogen (secondary N) is 1. The van der Waals surface area contributed by atoms with Crippen LogP contribution in [0.4, 0.5) is 18.9 Å². The Bertz CT molecular complexity index is 707. The van der Waals surface area contributed by atoms with Crippen LogP contribution in [0, 0.1) is 3.57 Å². The van der Waals surface area contributed by atoms with Gasteiger partial charge in [0.05, 0.1) is 11.3 Å². The zero-order valence-electron chi connectivity index (χ0n) is 10.7. The smallest absolute Gasteiger partial charge is 0.404 e. The molecule has 8 heteroatoms. The molecule has 22 heavy (non-hydrogen) atoms. The van der Waals surface area contributed by atoms with Crippen molar-refractivity contribution in [2.24, 2.45) is 0 Å². The first-order valence-electron chi connectivity index (χ1n) is 5.87. The lowest BCUT2D eigenvalue weighted by Gasteiger charge is -2.14. The molecular formula is C14H8ClF3INO2. The molecule has 0 aliphatic rings. The quantitative estimate of drug-likeness (QED) is 0.674. The summed E-state index contributed by atoms with van der Waals surface area (Å²) < 4.78 is 41.5. The molecule has 2 aromatic carbocycles. The maximum atomic E-state index is 12.3. The first kappa shape index (κ1) is 16.9. The van der Waals surface area contributed by atoms with Gasteiger partial charge >= 0.3 is 6.36 Å². The highest BCUT2D eigenvalue weighted by atomic mass is 127. The second kappa shape index (κ2) is 6.74. The summed E-state index contributed by atoms with van der Waals surface area (Å²) in [7, 11) is 0. The number of hydrogen-bond donors (Lipinski definition) is 1. The van der Waals surface area contributed by atoms with Crippen molar-refractivity contribution in [2.75, 3.05) is 5.32 Å². The summed E-state index contributed by atoms with van der Waals surface area (Å²) in [4.78, 5) is 12.2. The molecule has 0 aromatic heterocycles. The Hall–Kier alpha value is -1.48. The molecular weight excluding hydrogens is 434 g/mol. The van der Waals surface area contributed by atoms with Crippen molar-refractivity contribution in [3.63, 3.8) is 0 Å². The van der Waals surface area contributed by atoms with E-state index in [9.17, 15) is 18.0 Å². The fourth-order valence-corrected chi connectivity index (χ4v) is 2.76. The minimum absolute atomic E-state index is 0.0735. The molecule has 0 fully saturated rings. The van der Waals surface area contributed by atoms with E-state index in [4.69, 9.17) is 11.6 Å². The Labute approximate surface area is 142 Å². The summed E-state index contributed by atoms with van der Waals surface area (Å²) in [5.41, 5.74) is 0.224. The molecule has 0 spiro atoms. The largest absolute Gasteiger partial charge is 0.573 e. The number of anilines is 1. The van der Waals surface area contributed by atoms with E-state index in [1.165, 1.54) is 30.3 Å². The van der Waals surface area contributed by atoms with Gasteiger partial charge in [-0.25, -0.2) is 0 Å². The van der Waals surface area contributed by atoms with E-state index in [0.717, 1.165) is 6.07 Å². The molecule has 0 atom stereocenters. The highest BCUT2D eigenvalue weighted by molar-refractivity contribution is 14.1. The van der Waals surface area contributed by atoms with Crippen molar-refractivity contribution in [1.29, 1.82) is 0 Å². The highest BCUT2D eigenvalue weighted by Crippen LogP contribution is 2.30. The first-order chi connectivity index (χ1) is 10.3. The monoisotopic (exact) mass is 441 g/mol. The molecule has 0 bridgehead atoms. The molecule has 0 saturated heterocycles. The number of carbonyl (C=O) groups is 1. The van der Waals surface area contributed by atoms with Crippen LogP contribution in [0.3, 0.4) is 0 Å². The number of rotatable bonds is 3. The maximum absolute atomic E-state index is 12.3. The summed E-state index contributed by atoms with van der Waals surface area (Å²) in [6.07, 6.45) is -4.84. The fraction of sp³-hybridized carbons (Fsp3) is 0.0714. The molecule has 0 radical (unpaired) electrons. The van der Waals surface area contributed by atoms with Gasteiger partial charge in [0.15, 0.2) is 5.75 Å². The van der Waals surface area contributed by atoms with Gasteiger partial charge in [-0.1, -0.05) is 23.7 Å². The van der Waals surface area contributed by atoms with Gasteiger partial charge in [0.1, 0.15) is 0 Å². The normalized spacial score (nSPS) is 11.1. The van der Waals surface area contributed by atoms with Crippen molar-refractivity contribution in [1.82, 2.24) is 0 Å². The van der Waals surface area contributed by atoms with E-state index < -0.39 is 18.0 Å². The Kier molecular flexibility index (Phi) is 5.17. The molecule has 0 unspecified atom stereocenters. The van der Waals surface area contributed by atoms with Crippen LogP contribution in [-0.2, 0) is 0 Å². The molecule has 0 aliphatic carbocycles. The van der Waals surface area contributed by atoms with Gasteiger partial charge in [-0.2, -0.15) is 0 Å². The Morgan fingerprint density at radius 3 is 2.50 bits per heavy atom. The number of benzene rings is 2. The number of halogens is 5. The van der Waals surface area contributed by atoms with E-state index in [2.05, 4.69) is 10.1 Å². The predicted octanol–water partition coefficient (Wildman–Crippen LogP) is 5.10. The van der Waals surface area contributed by atoms with Crippen molar-refractivity contribution in [2.45, 2.75) is 6.36 Å². The minimum atomic E-state index is -4.84. The van der Waals surface area contributed by atoms with Crippen LogP contribution in [0.25, 0.3) is 0 Å². The van der Waals surface area contributed by atoms with Gasteiger partial charge in [-0.15, -0.1) is 13.2 Å². The van der Waals surface area contributed by atoms with E-state index in [0.29, 0.717) is 14.2 Å². The highest BCUT2D eigenvalue weighted by Gasteiger charge is 2.32. The second-order valence-electron chi connectivity index (χ2n) is 4.12. The lowest BCUT2D eigenvalue weighted by Crippen LogP contribution is -2.20. The lowest BCUT2D eigenvalue weighted by atomic mass is 10.2. The zero-order chi connectivity index (χ0) is 16.3. The van der Waals surface area contributed by atoms with Gasteiger partial charge < -0.3 is 10.1 Å². The molecule has 0 heterocycles. The van der Waals surface area contributed by atoms with E-state index >= 15 is 0 Å². The van der Waals surface area contributed by atoms with Gasteiger partial charge in [-0.3, -0.25) is 4.79 Å². The van der Waals surface area contributed by atoms with Crippen molar-refractivity contribution in [3.05, 3.63) is 56.6 Å². The van der Waals surface area contributed by atoms with Gasteiger partial charge in [0.25, 0.3) is 5.91 Å². The summed E-state index contributed by atoms with van der Waals surface area (Å²) in [6.45, 7) is 0. The van der Waals surface area contributed by atoms with Crippen molar-refractivity contribution < 1.29 is 22.7 Å². The third kappa shape index (κ3) is 4.51. The maximum Gasteiger partial charge on any atom is 0.573 e. The summed E-state index contributed by atoms with van der Waals surface area (Å²) in [5.74, 6) is -1.04. The topological polar surface area (TPSA) is 38.3 Å². The van der Waals surface area contributed by atoms with Crippen LogP contribution < -0.4 is 10.1 Å². The second-order valence-corrected chi connectivity index (χ2v) is 5.72. The summed E-state index contributed by atoms with van der Waals surface area (Å²) >= 11 is 7.72. The third-order valence-corrected chi connectivity index (χ3v) is 3.66. The zero-order valence-corrected chi connectivity index (χ0v) is 13.7. The molecule has 1 amide bonds. The van der Waals surface area contributed by atoms with Crippen LogP contribution in [0.5, 0.6) is 5.75 Å². The predicted molar refractivity (Wildman–Crippen MR) is 85.2 cm³/mol. The average Bonchev–Trinajstić information content (AvgIpc) is 2.39. The molecule has 0 saturated carbocycles. The SMILES string of the molecule is O=C(Nc1ccccc1OC(F)(F)F)c1ccc(Cl)cc1I. The fourth-order valence-electron chi connectivity index (χ4n) is 1.65. The Morgan fingerprint density at radius 2 is 1.86 bits per heavy atom. The van der Waals surface area contributed by atoms with Crippen LogP contribution in [-0.4, -0.2) is 12.3 Å². The van der Waals surface area contributed by atoms with Crippen LogP contribution >= 0.6 is 34.2 Å². The number of para-hydroxylation sites is 2. The van der Waals surface area contributed by atoms with Crippen LogP contribution in [0.2, 0.25) is 5.02 Å². The molecule has 116 valence electrons. The van der Waals surface area contributed by atoms with Crippen molar-refractivity contribution in [3.8, 4) is 5.75 Å². The number of hydrogen-bond acceptors (Lipinski definition) is 2. The molecule has 1 N–H and O–H groups in total. The van der Waals surface area contributed by atoms with Gasteiger partial charge in [-0.05, 0) is 52.9 Å². The van der Waals surface area contributed by atoms with E-state index in [-0.39, 0.29) is 5.69 Å². The van der Waals surface area contributed by atoms with Crippen LogP contribution in [0.1, 0.15) is 10.4 Å². The molecule has 3 nitrogen and oxygen atoms in total. The summed E-state index contributed by atoms with van der Waals surface area (Å²) in [6, 6.07) is 9.91. The van der Waals surface area contributed by atoms with Crippen molar-refractivity contribution >= 4 is 45.8 Å². The molecule has 0 aliphatic heterocycles. The lowest BCUT2D eigenvalue weighted by molar-refractivity contribution is -0.274. The Morgan fingerprint density at radius 1 is 1.18 bits per heavy atom. The number of carbonyl (C=O) groups excluding carboxylic acids is 1. The van der Waals surface area contributed by atoms with E-state index in [1.54, 1.807) is 6.07 Å². The Balaban J connectivity index is 2.25. The first-order valence-corrected chi connectivity index (χ1v) is 7.33. The van der Waals surface area contributed by atoms with Crippen LogP contribution in [0.15, 0.2) is 42.5 Å². The van der Waals surface area contributed by atoms with Gasteiger partial charge in [0.2, 0.25) is 0 Å². The van der Waals surface area contributed by atoms with Gasteiger partial charge in [0, 0.05) is 8.59 Å². The molecule has 2 aromatic rings. The van der Waals surface area contributed by atoms with E-state index in [1.807, 2.05) is 22.6 Å². The summed E-state index contributed by atoms with van der Waals surface area (Å²) in [5, 5.41) is 2.86. The minimum Gasteiger partial charge on any atom is -0.404 e. The standard InChI is InChI=1S/C14H8ClF3INO2/c15-8-5-6-9(10(19)7-8)13(21)20-11-3-1-2-4-12(11)22-14(16,17)18/h1-7H,(H,20,21). The number of alkyl halides is 3.